The molecule has 0 rings (SSSR count). The molecule has 0 aromatic carbocycles. The summed E-state index contributed by atoms with van der Waals surface area (Å²) in [4.78, 5) is 13.2. The van der Waals surface area contributed by atoms with Gasteiger partial charge in [-0.3, -0.25) is 4.21 Å². The summed E-state index contributed by atoms with van der Waals surface area (Å²) < 4.78 is 25.7. The fraction of sp³-hybridized carbons (Fsp3) is 0.875. The van der Waals surface area contributed by atoms with E-state index >= 15 is 0 Å². The van der Waals surface area contributed by atoms with E-state index in [4.69, 9.17) is 10.3 Å². The van der Waals surface area contributed by atoms with Crippen molar-refractivity contribution >= 4 is 17.4 Å². The number of nitrogens with zero attached hydrogens (tertiary/aromatic N) is 4. The highest BCUT2D eigenvalue weighted by molar-refractivity contribution is 7.77. The summed E-state index contributed by atoms with van der Waals surface area (Å²) in [7, 11) is 1.44. The summed E-state index contributed by atoms with van der Waals surface area (Å²) in [6.07, 6.45) is -0.127. The van der Waals surface area contributed by atoms with Gasteiger partial charge in [0.15, 0.2) is 0 Å². The second-order valence-electron chi connectivity index (χ2n) is 2.95. The van der Waals surface area contributed by atoms with Crippen molar-refractivity contribution in [3.8, 4) is 0 Å². The van der Waals surface area contributed by atoms with Crippen molar-refractivity contribution < 1.29 is 22.8 Å². The Balaban J connectivity index is 0. The van der Waals surface area contributed by atoms with Crippen molar-refractivity contribution in [2.45, 2.75) is 20.8 Å². The molecule has 0 aliphatic rings. The first-order valence-corrected chi connectivity index (χ1v) is 6.06. The lowest BCUT2D eigenvalue weighted by atomic mass is 10.4. The molecule has 1 atom stereocenters. The maximum atomic E-state index is 11.3. The molecule has 0 radical (unpaired) electrons. The topological polar surface area (TPSA) is 115 Å². The van der Waals surface area contributed by atoms with E-state index in [0.717, 1.165) is 19.6 Å². The summed E-state index contributed by atoms with van der Waals surface area (Å²) in [6, 6.07) is 0. The van der Waals surface area contributed by atoms with Gasteiger partial charge >= 0.3 is 6.09 Å². The number of rotatable bonds is 4. The third-order valence-corrected chi connectivity index (χ3v) is 2.69. The largest absolute Gasteiger partial charge is 0.767 e. The number of hydrogen-bond acceptors (Lipinski definition) is 4. The third kappa shape index (κ3) is 6.90. The van der Waals surface area contributed by atoms with Crippen LogP contribution in [-0.2, 0) is 16.0 Å². The standard InChI is InChI=1S/C8H18NO2.HN3O2S/c1-5-9(6-2,7-3)8(10)11-4;1-2-3-6(4)5/h5-7H2,1-4H3;(H,4,5)/q+1;/p-1. The molecule has 0 aliphatic heterocycles. The van der Waals surface area contributed by atoms with Crippen LogP contribution in [0.3, 0.4) is 0 Å². The summed E-state index contributed by atoms with van der Waals surface area (Å²) in [5.41, 5.74) is 7.30. The van der Waals surface area contributed by atoms with Gasteiger partial charge in [0.2, 0.25) is 0 Å². The molecule has 0 aromatic heterocycles. The predicted molar refractivity (Wildman–Crippen MR) is 62.4 cm³/mol. The van der Waals surface area contributed by atoms with Crippen molar-refractivity contribution in [2.24, 2.45) is 4.52 Å². The Morgan fingerprint density at radius 1 is 1.41 bits per heavy atom. The maximum absolute atomic E-state index is 11.3. The van der Waals surface area contributed by atoms with Gasteiger partial charge in [0.05, 0.1) is 26.7 Å². The quantitative estimate of drug-likeness (QED) is 0.253. The molecule has 17 heavy (non-hydrogen) atoms. The first-order valence-electron chi connectivity index (χ1n) is 5.03. The van der Waals surface area contributed by atoms with E-state index in [1.54, 1.807) is 0 Å². The molecule has 0 heterocycles. The second kappa shape index (κ2) is 10.0. The highest BCUT2D eigenvalue weighted by Crippen LogP contribution is 2.07. The Morgan fingerprint density at radius 3 is 1.88 bits per heavy atom. The van der Waals surface area contributed by atoms with Gasteiger partial charge < -0.3 is 9.29 Å². The number of hydrogen-bond donors (Lipinski definition) is 0. The number of methoxy groups -OCH3 is 1. The van der Waals surface area contributed by atoms with Crippen LogP contribution < -0.4 is 0 Å². The smallest absolute Gasteiger partial charge is 0.515 e. The molecular formula is C8H18N4O4S. The average molecular weight is 266 g/mol. The minimum Gasteiger partial charge on any atom is -0.767 e. The number of carbonyl (C=O) groups excluding carboxylic acids is 1. The van der Waals surface area contributed by atoms with Crippen LogP contribution in [0.2, 0.25) is 0 Å². The van der Waals surface area contributed by atoms with Gasteiger partial charge in [-0.2, -0.15) is 4.79 Å². The minimum atomic E-state index is -2.61. The monoisotopic (exact) mass is 266 g/mol. The Hall–Kier alpha value is -1.15. The zero-order valence-corrected chi connectivity index (χ0v) is 11.3. The number of quaternary nitrogens is 1. The fourth-order valence-electron chi connectivity index (χ4n) is 1.28. The Morgan fingerprint density at radius 2 is 1.82 bits per heavy atom. The van der Waals surface area contributed by atoms with E-state index in [1.807, 2.05) is 25.7 Å². The van der Waals surface area contributed by atoms with Crippen molar-refractivity contribution in [3.05, 3.63) is 10.4 Å². The Labute approximate surface area is 103 Å². The zero-order chi connectivity index (χ0) is 13.9. The molecule has 100 valence electrons. The molecular weight excluding hydrogens is 248 g/mol. The lowest BCUT2D eigenvalue weighted by molar-refractivity contribution is -0.852. The van der Waals surface area contributed by atoms with E-state index in [-0.39, 0.29) is 6.09 Å². The van der Waals surface area contributed by atoms with Gasteiger partial charge in [0.1, 0.15) is 0 Å². The van der Waals surface area contributed by atoms with E-state index in [9.17, 15) is 13.6 Å². The molecule has 0 aromatic rings. The van der Waals surface area contributed by atoms with Crippen molar-refractivity contribution in [1.29, 1.82) is 0 Å². The highest BCUT2D eigenvalue weighted by atomic mass is 32.2. The molecule has 0 saturated heterocycles. The van der Waals surface area contributed by atoms with E-state index in [1.165, 1.54) is 7.11 Å². The average Bonchev–Trinajstić information content (AvgIpc) is 2.32. The van der Waals surface area contributed by atoms with Gasteiger partial charge in [0.25, 0.3) is 0 Å². The molecule has 0 N–H and O–H groups in total. The van der Waals surface area contributed by atoms with Gasteiger partial charge in [-0.05, 0) is 30.8 Å². The third-order valence-electron chi connectivity index (χ3n) is 2.48. The van der Waals surface area contributed by atoms with Gasteiger partial charge in [0, 0.05) is 16.2 Å². The summed E-state index contributed by atoms with van der Waals surface area (Å²) in [6.45, 7) is 8.43. The molecule has 0 aliphatic carbocycles. The summed E-state index contributed by atoms with van der Waals surface area (Å²) >= 11 is -2.61. The van der Waals surface area contributed by atoms with E-state index < -0.39 is 11.3 Å². The maximum Gasteiger partial charge on any atom is 0.515 e. The molecule has 0 fully saturated rings. The number of ether oxygens (including phenoxy) is 1. The van der Waals surface area contributed by atoms with Crippen LogP contribution in [0.25, 0.3) is 10.4 Å². The van der Waals surface area contributed by atoms with Crippen LogP contribution in [0.15, 0.2) is 4.52 Å². The molecule has 9 heteroatoms. The predicted octanol–water partition coefficient (Wildman–Crippen LogP) is 1.72. The molecule has 0 spiro atoms. The Bertz CT molecular complexity index is 292. The lowest BCUT2D eigenvalue weighted by Crippen LogP contribution is -2.52. The first-order chi connectivity index (χ1) is 7.93. The lowest BCUT2D eigenvalue weighted by Gasteiger charge is -2.30. The summed E-state index contributed by atoms with van der Waals surface area (Å²) in [5.74, 6) is 0. The Kier molecular flexibility index (Phi) is 10.8. The first kappa shape index (κ1) is 18.2. The van der Waals surface area contributed by atoms with Crippen molar-refractivity contribution in [3.63, 3.8) is 0 Å². The zero-order valence-electron chi connectivity index (χ0n) is 10.5. The van der Waals surface area contributed by atoms with E-state index in [2.05, 4.69) is 4.52 Å². The van der Waals surface area contributed by atoms with Crippen molar-refractivity contribution in [1.82, 2.24) is 0 Å². The van der Waals surface area contributed by atoms with Crippen LogP contribution in [0.4, 0.5) is 4.79 Å². The van der Waals surface area contributed by atoms with Gasteiger partial charge in [-0.15, -0.1) is 0 Å². The van der Waals surface area contributed by atoms with Crippen LogP contribution >= 0.6 is 0 Å². The van der Waals surface area contributed by atoms with Crippen LogP contribution in [0.1, 0.15) is 20.8 Å². The number of azide groups is 1. The molecule has 0 saturated carbocycles. The van der Waals surface area contributed by atoms with Crippen LogP contribution in [-0.4, -0.2) is 46.1 Å². The molecule has 8 nitrogen and oxygen atoms in total. The van der Waals surface area contributed by atoms with Gasteiger partial charge in [-0.1, -0.05) is 0 Å². The van der Waals surface area contributed by atoms with Crippen molar-refractivity contribution in [2.75, 3.05) is 26.7 Å². The molecule has 1 amide bonds. The molecule has 1 unspecified atom stereocenters. The summed E-state index contributed by atoms with van der Waals surface area (Å²) in [5, 5.41) is 0. The van der Waals surface area contributed by atoms with Gasteiger partial charge in [-0.25, -0.2) is 4.48 Å². The van der Waals surface area contributed by atoms with Crippen LogP contribution in [0.5, 0.6) is 0 Å². The number of amides is 1. The highest BCUT2D eigenvalue weighted by Gasteiger charge is 2.32. The molecule has 0 bridgehead atoms. The van der Waals surface area contributed by atoms with Crippen LogP contribution in [0, 0.1) is 0 Å². The SMILES string of the molecule is CC[N+](CC)(CC)C(=O)OC.[N-]=[N+]=NS(=O)[O-]. The van der Waals surface area contributed by atoms with E-state index in [0.29, 0.717) is 4.48 Å². The minimum absolute atomic E-state index is 0.127. The number of carbonyl (C=O) groups is 1. The second-order valence-corrected chi connectivity index (χ2v) is 3.55. The fourth-order valence-corrected chi connectivity index (χ4v) is 1.34. The normalized spacial score (nSPS) is 11.6.